The quantitative estimate of drug-likeness (QED) is 0.820. The molecule has 0 radical (unpaired) electrons. The van der Waals surface area contributed by atoms with Crippen LogP contribution >= 0.6 is 0 Å². The Morgan fingerprint density at radius 3 is 3.00 bits per heavy atom. The first-order valence-electron chi connectivity index (χ1n) is 7.27. The number of methoxy groups -OCH3 is 1. The van der Waals surface area contributed by atoms with Crippen molar-refractivity contribution in [2.75, 3.05) is 20.3 Å². The first-order valence-corrected chi connectivity index (χ1v) is 7.27. The lowest BCUT2D eigenvalue weighted by Gasteiger charge is -2.23. The minimum atomic E-state index is 0.242. The molecule has 0 aliphatic carbocycles. The summed E-state index contributed by atoms with van der Waals surface area (Å²) in [5.41, 5.74) is 2.62. The third kappa shape index (κ3) is 3.48. The van der Waals surface area contributed by atoms with Gasteiger partial charge in [0.2, 0.25) is 0 Å². The molecular weight excluding hydrogens is 238 g/mol. The predicted molar refractivity (Wildman–Crippen MR) is 77.8 cm³/mol. The highest BCUT2D eigenvalue weighted by Gasteiger charge is 2.23. The van der Waals surface area contributed by atoms with Crippen LogP contribution in [-0.4, -0.2) is 26.4 Å². The van der Waals surface area contributed by atoms with Gasteiger partial charge in [-0.05, 0) is 31.9 Å². The van der Waals surface area contributed by atoms with E-state index in [4.69, 9.17) is 9.47 Å². The maximum Gasteiger partial charge on any atom is 0.127 e. The summed E-state index contributed by atoms with van der Waals surface area (Å²) in [5, 5.41) is 3.62. The van der Waals surface area contributed by atoms with Gasteiger partial charge in [0, 0.05) is 25.1 Å². The van der Waals surface area contributed by atoms with Crippen LogP contribution in [0, 0.1) is 0 Å². The molecule has 1 aromatic rings. The topological polar surface area (TPSA) is 30.5 Å². The SMILES string of the molecule is CCCNC(CC(C)OC)c1cccc2c1OCC2. The Morgan fingerprint density at radius 2 is 2.26 bits per heavy atom. The molecule has 1 heterocycles. The maximum atomic E-state index is 5.82. The van der Waals surface area contributed by atoms with E-state index in [-0.39, 0.29) is 6.10 Å². The minimum absolute atomic E-state index is 0.242. The number of hydrogen-bond donors (Lipinski definition) is 1. The van der Waals surface area contributed by atoms with Gasteiger partial charge in [0.15, 0.2) is 0 Å². The summed E-state index contributed by atoms with van der Waals surface area (Å²) in [7, 11) is 1.77. The van der Waals surface area contributed by atoms with Crippen LogP contribution in [0.3, 0.4) is 0 Å². The number of para-hydroxylation sites is 1. The molecule has 1 aromatic carbocycles. The van der Waals surface area contributed by atoms with Crippen molar-refractivity contribution in [1.29, 1.82) is 0 Å². The standard InChI is InChI=1S/C16H25NO2/c1-4-9-17-15(11-12(2)18-3)14-7-5-6-13-8-10-19-16(13)14/h5-7,12,15,17H,4,8-11H2,1-3H3. The third-order valence-corrected chi connectivity index (χ3v) is 3.73. The first kappa shape index (κ1) is 14.4. The van der Waals surface area contributed by atoms with Crippen LogP contribution in [0.5, 0.6) is 5.75 Å². The molecule has 106 valence electrons. The largest absolute Gasteiger partial charge is 0.493 e. The van der Waals surface area contributed by atoms with Crippen molar-refractivity contribution in [3.05, 3.63) is 29.3 Å². The molecule has 0 saturated carbocycles. The van der Waals surface area contributed by atoms with Gasteiger partial charge in [0.1, 0.15) is 5.75 Å². The molecule has 0 bridgehead atoms. The predicted octanol–water partition coefficient (Wildman–Crippen LogP) is 3.09. The number of fused-ring (bicyclic) bond motifs is 1. The van der Waals surface area contributed by atoms with Crippen LogP contribution < -0.4 is 10.1 Å². The molecule has 1 aliphatic rings. The Bertz CT molecular complexity index is 406. The molecule has 2 atom stereocenters. The second kappa shape index (κ2) is 6.92. The summed E-state index contributed by atoms with van der Waals surface area (Å²) in [5.74, 6) is 1.10. The monoisotopic (exact) mass is 263 g/mol. The Labute approximate surface area is 116 Å². The summed E-state index contributed by atoms with van der Waals surface area (Å²) in [6.45, 7) is 6.14. The lowest BCUT2D eigenvalue weighted by atomic mass is 9.97. The average molecular weight is 263 g/mol. The van der Waals surface area contributed by atoms with Crippen molar-refractivity contribution in [3.8, 4) is 5.75 Å². The van der Waals surface area contributed by atoms with Gasteiger partial charge in [-0.3, -0.25) is 0 Å². The Hall–Kier alpha value is -1.06. The van der Waals surface area contributed by atoms with Gasteiger partial charge in [0.05, 0.1) is 12.7 Å². The van der Waals surface area contributed by atoms with Crippen molar-refractivity contribution < 1.29 is 9.47 Å². The van der Waals surface area contributed by atoms with Gasteiger partial charge < -0.3 is 14.8 Å². The van der Waals surface area contributed by atoms with Crippen molar-refractivity contribution in [3.63, 3.8) is 0 Å². The number of benzene rings is 1. The molecule has 1 aliphatic heterocycles. The van der Waals surface area contributed by atoms with E-state index in [9.17, 15) is 0 Å². The zero-order valence-corrected chi connectivity index (χ0v) is 12.2. The highest BCUT2D eigenvalue weighted by molar-refractivity contribution is 5.45. The van der Waals surface area contributed by atoms with Gasteiger partial charge in [-0.1, -0.05) is 25.1 Å². The Morgan fingerprint density at radius 1 is 1.42 bits per heavy atom. The fraction of sp³-hybridized carbons (Fsp3) is 0.625. The van der Waals surface area contributed by atoms with Crippen molar-refractivity contribution in [2.45, 2.75) is 45.3 Å². The summed E-state index contributed by atoms with van der Waals surface area (Å²) in [6, 6.07) is 6.80. The summed E-state index contributed by atoms with van der Waals surface area (Å²) in [4.78, 5) is 0. The highest BCUT2D eigenvalue weighted by Crippen LogP contribution is 2.35. The fourth-order valence-electron chi connectivity index (χ4n) is 2.58. The van der Waals surface area contributed by atoms with Crippen molar-refractivity contribution in [2.24, 2.45) is 0 Å². The molecule has 19 heavy (non-hydrogen) atoms. The van der Waals surface area contributed by atoms with E-state index in [0.29, 0.717) is 6.04 Å². The maximum absolute atomic E-state index is 5.82. The average Bonchev–Trinajstić information content (AvgIpc) is 2.91. The van der Waals surface area contributed by atoms with E-state index >= 15 is 0 Å². The molecule has 0 spiro atoms. The van der Waals surface area contributed by atoms with E-state index in [2.05, 4.69) is 37.4 Å². The minimum Gasteiger partial charge on any atom is -0.493 e. The molecule has 2 unspecified atom stereocenters. The van der Waals surface area contributed by atoms with E-state index in [1.54, 1.807) is 7.11 Å². The molecule has 0 aromatic heterocycles. The number of rotatable bonds is 7. The third-order valence-electron chi connectivity index (χ3n) is 3.73. The number of hydrogen-bond acceptors (Lipinski definition) is 3. The Balaban J connectivity index is 2.19. The van der Waals surface area contributed by atoms with Crippen LogP contribution in [0.15, 0.2) is 18.2 Å². The molecule has 0 fully saturated rings. The molecule has 0 saturated heterocycles. The highest BCUT2D eigenvalue weighted by atomic mass is 16.5. The summed E-state index contributed by atoms with van der Waals surface area (Å²) in [6.07, 6.45) is 3.37. The first-order chi connectivity index (χ1) is 9.26. The zero-order valence-electron chi connectivity index (χ0n) is 12.2. The van der Waals surface area contributed by atoms with Crippen LogP contribution in [0.1, 0.15) is 43.9 Å². The van der Waals surface area contributed by atoms with Crippen molar-refractivity contribution in [1.82, 2.24) is 5.32 Å². The molecule has 2 rings (SSSR count). The molecule has 3 nitrogen and oxygen atoms in total. The van der Waals surface area contributed by atoms with Crippen LogP contribution in [-0.2, 0) is 11.2 Å². The molecule has 1 N–H and O–H groups in total. The molecule has 0 amide bonds. The van der Waals surface area contributed by atoms with Crippen LogP contribution in [0.4, 0.5) is 0 Å². The van der Waals surface area contributed by atoms with Gasteiger partial charge in [0.25, 0.3) is 0 Å². The lowest BCUT2D eigenvalue weighted by Crippen LogP contribution is -2.26. The fourth-order valence-corrected chi connectivity index (χ4v) is 2.58. The molecule has 3 heteroatoms. The van der Waals surface area contributed by atoms with Gasteiger partial charge in [-0.2, -0.15) is 0 Å². The second-order valence-corrected chi connectivity index (χ2v) is 5.22. The smallest absolute Gasteiger partial charge is 0.127 e. The normalized spacial score (nSPS) is 16.8. The van der Waals surface area contributed by atoms with Crippen LogP contribution in [0.2, 0.25) is 0 Å². The van der Waals surface area contributed by atoms with E-state index in [1.165, 1.54) is 11.1 Å². The summed E-state index contributed by atoms with van der Waals surface area (Å²) < 4.78 is 11.2. The summed E-state index contributed by atoms with van der Waals surface area (Å²) >= 11 is 0. The van der Waals surface area contributed by atoms with E-state index in [0.717, 1.165) is 38.2 Å². The Kier molecular flexibility index (Phi) is 5.23. The molecular formula is C16H25NO2. The van der Waals surface area contributed by atoms with E-state index in [1.807, 2.05) is 0 Å². The second-order valence-electron chi connectivity index (χ2n) is 5.22. The van der Waals surface area contributed by atoms with Gasteiger partial charge in [-0.25, -0.2) is 0 Å². The van der Waals surface area contributed by atoms with E-state index < -0.39 is 0 Å². The zero-order chi connectivity index (χ0) is 13.7. The van der Waals surface area contributed by atoms with Crippen LogP contribution in [0.25, 0.3) is 0 Å². The van der Waals surface area contributed by atoms with Crippen molar-refractivity contribution >= 4 is 0 Å². The number of ether oxygens (including phenoxy) is 2. The van der Waals surface area contributed by atoms with Gasteiger partial charge >= 0.3 is 0 Å². The lowest BCUT2D eigenvalue weighted by molar-refractivity contribution is 0.100. The number of nitrogens with one attached hydrogen (secondary N) is 1. The van der Waals surface area contributed by atoms with Gasteiger partial charge in [-0.15, -0.1) is 0 Å².